The van der Waals surface area contributed by atoms with Crippen LogP contribution in [0.3, 0.4) is 0 Å². The highest BCUT2D eigenvalue weighted by Gasteiger charge is 2.19. The summed E-state index contributed by atoms with van der Waals surface area (Å²) in [6.45, 7) is 3.53. The molecule has 17 heavy (non-hydrogen) atoms. The molecular weight excluding hydrogens is 280 g/mol. The summed E-state index contributed by atoms with van der Waals surface area (Å²) in [4.78, 5) is 0. The van der Waals surface area contributed by atoms with E-state index in [-0.39, 0.29) is 0 Å². The predicted molar refractivity (Wildman–Crippen MR) is 69.4 cm³/mol. The van der Waals surface area contributed by atoms with Crippen molar-refractivity contribution in [2.45, 2.75) is 20.0 Å². The molecule has 3 rings (SSSR count). The number of benzene rings is 1. The van der Waals surface area contributed by atoms with Crippen molar-refractivity contribution in [3.63, 3.8) is 0 Å². The Balaban J connectivity index is 2.11. The molecule has 3 nitrogen and oxygen atoms in total. The number of ether oxygens (including phenoxy) is 1. The fourth-order valence-electron chi connectivity index (χ4n) is 2.22. The van der Waals surface area contributed by atoms with Crippen LogP contribution >= 0.6 is 15.9 Å². The van der Waals surface area contributed by atoms with E-state index in [4.69, 9.17) is 4.74 Å². The van der Waals surface area contributed by atoms with Crippen LogP contribution < -0.4 is 0 Å². The zero-order valence-electron chi connectivity index (χ0n) is 9.61. The fourth-order valence-corrected chi connectivity index (χ4v) is 2.48. The standard InChI is InChI=1S/C13H13BrN2O/c1-9-12-6-7-17-8-13(12)16(15-9)11-4-2-10(14)3-5-11/h2-5H,6-8H2,1H3. The van der Waals surface area contributed by atoms with Gasteiger partial charge >= 0.3 is 0 Å². The average molecular weight is 293 g/mol. The van der Waals surface area contributed by atoms with Gasteiger partial charge in [0.1, 0.15) is 0 Å². The van der Waals surface area contributed by atoms with E-state index in [9.17, 15) is 0 Å². The van der Waals surface area contributed by atoms with E-state index in [2.05, 4.69) is 40.1 Å². The summed E-state index contributed by atoms with van der Waals surface area (Å²) in [5.74, 6) is 0. The molecule has 0 saturated carbocycles. The molecule has 2 heterocycles. The van der Waals surface area contributed by atoms with Gasteiger partial charge in [-0.1, -0.05) is 15.9 Å². The molecule has 1 aromatic heterocycles. The molecule has 1 aliphatic rings. The number of hydrogen-bond donors (Lipinski definition) is 0. The van der Waals surface area contributed by atoms with Crippen LogP contribution in [-0.2, 0) is 17.8 Å². The molecule has 0 unspecified atom stereocenters. The molecule has 0 aliphatic carbocycles. The van der Waals surface area contributed by atoms with Crippen LogP contribution in [0.5, 0.6) is 0 Å². The van der Waals surface area contributed by atoms with Crippen LogP contribution in [0.25, 0.3) is 5.69 Å². The second-order valence-electron chi connectivity index (χ2n) is 4.20. The molecule has 0 bridgehead atoms. The van der Waals surface area contributed by atoms with E-state index in [0.717, 1.165) is 28.9 Å². The first-order chi connectivity index (χ1) is 8.25. The van der Waals surface area contributed by atoms with Crippen LogP contribution in [0.2, 0.25) is 0 Å². The van der Waals surface area contributed by atoms with Crippen molar-refractivity contribution in [2.24, 2.45) is 0 Å². The third-order valence-electron chi connectivity index (χ3n) is 3.10. The van der Waals surface area contributed by atoms with Crippen LogP contribution in [0.1, 0.15) is 17.0 Å². The number of aryl methyl sites for hydroxylation is 1. The second-order valence-corrected chi connectivity index (χ2v) is 5.12. The van der Waals surface area contributed by atoms with Crippen LogP contribution in [0, 0.1) is 6.92 Å². The molecule has 0 fully saturated rings. The van der Waals surface area contributed by atoms with Crippen molar-refractivity contribution in [1.82, 2.24) is 9.78 Å². The molecule has 88 valence electrons. The number of fused-ring (bicyclic) bond motifs is 1. The topological polar surface area (TPSA) is 27.1 Å². The molecule has 0 atom stereocenters. The summed E-state index contributed by atoms with van der Waals surface area (Å²) in [5.41, 5.74) is 4.74. The van der Waals surface area contributed by atoms with Gasteiger partial charge < -0.3 is 4.74 Å². The molecule has 0 radical (unpaired) electrons. The van der Waals surface area contributed by atoms with Gasteiger partial charge in [-0.3, -0.25) is 0 Å². The lowest BCUT2D eigenvalue weighted by molar-refractivity contribution is 0.106. The van der Waals surface area contributed by atoms with Gasteiger partial charge in [-0.15, -0.1) is 0 Å². The van der Waals surface area contributed by atoms with Crippen molar-refractivity contribution >= 4 is 15.9 Å². The first-order valence-electron chi connectivity index (χ1n) is 5.67. The summed E-state index contributed by atoms with van der Waals surface area (Å²) in [6, 6.07) is 8.18. The summed E-state index contributed by atoms with van der Waals surface area (Å²) >= 11 is 3.44. The summed E-state index contributed by atoms with van der Waals surface area (Å²) in [5, 5.41) is 4.61. The highest BCUT2D eigenvalue weighted by atomic mass is 79.9. The molecular formula is C13H13BrN2O. The maximum Gasteiger partial charge on any atom is 0.0892 e. The Kier molecular flexibility index (Phi) is 2.76. The smallest absolute Gasteiger partial charge is 0.0892 e. The lowest BCUT2D eigenvalue weighted by atomic mass is 10.1. The van der Waals surface area contributed by atoms with Gasteiger partial charge in [0.2, 0.25) is 0 Å². The Hall–Kier alpha value is -1.13. The van der Waals surface area contributed by atoms with E-state index >= 15 is 0 Å². The Morgan fingerprint density at radius 2 is 2.06 bits per heavy atom. The van der Waals surface area contributed by atoms with Crippen molar-refractivity contribution < 1.29 is 4.74 Å². The van der Waals surface area contributed by atoms with E-state index in [1.54, 1.807) is 0 Å². The lowest BCUT2D eigenvalue weighted by Gasteiger charge is -2.14. The molecule has 1 aliphatic heterocycles. The van der Waals surface area contributed by atoms with E-state index in [0.29, 0.717) is 6.61 Å². The summed E-state index contributed by atoms with van der Waals surface area (Å²) in [6.07, 6.45) is 0.970. The molecule has 0 spiro atoms. The van der Waals surface area contributed by atoms with E-state index in [1.165, 1.54) is 11.3 Å². The Bertz CT molecular complexity index is 545. The molecule has 1 aromatic carbocycles. The second kappa shape index (κ2) is 4.27. The Morgan fingerprint density at radius 1 is 1.29 bits per heavy atom. The molecule has 4 heteroatoms. The summed E-state index contributed by atoms with van der Waals surface area (Å²) < 4.78 is 8.60. The largest absolute Gasteiger partial charge is 0.375 e. The highest BCUT2D eigenvalue weighted by Crippen LogP contribution is 2.24. The number of aromatic nitrogens is 2. The number of nitrogens with zero attached hydrogens (tertiary/aromatic N) is 2. The molecule has 2 aromatic rings. The van der Waals surface area contributed by atoms with Crippen molar-refractivity contribution in [3.05, 3.63) is 45.7 Å². The minimum atomic E-state index is 0.659. The zero-order chi connectivity index (χ0) is 11.8. The fraction of sp³-hybridized carbons (Fsp3) is 0.308. The number of hydrogen-bond acceptors (Lipinski definition) is 2. The maximum absolute atomic E-state index is 5.53. The highest BCUT2D eigenvalue weighted by molar-refractivity contribution is 9.10. The van der Waals surface area contributed by atoms with Crippen LogP contribution in [0.15, 0.2) is 28.7 Å². The maximum atomic E-state index is 5.53. The molecule has 0 N–H and O–H groups in total. The lowest BCUT2D eigenvalue weighted by Crippen LogP contribution is -2.12. The van der Waals surface area contributed by atoms with Gasteiger partial charge in [-0.05, 0) is 37.6 Å². The van der Waals surface area contributed by atoms with Gasteiger partial charge in [-0.2, -0.15) is 5.10 Å². The average Bonchev–Trinajstić information content (AvgIpc) is 2.69. The van der Waals surface area contributed by atoms with Crippen LogP contribution in [-0.4, -0.2) is 16.4 Å². The van der Waals surface area contributed by atoms with Crippen molar-refractivity contribution in [1.29, 1.82) is 0 Å². The van der Waals surface area contributed by atoms with Crippen molar-refractivity contribution in [3.8, 4) is 5.69 Å². The SMILES string of the molecule is Cc1nn(-c2ccc(Br)cc2)c2c1CCOC2. The van der Waals surface area contributed by atoms with Gasteiger partial charge in [-0.25, -0.2) is 4.68 Å². The normalized spacial score (nSPS) is 14.7. The number of halogens is 1. The molecule has 0 saturated heterocycles. The predicted octanol–water partition coefficient (Wildman–Crippen LogP) is 3.02. The van der Waals surface area contributed by atoms with E-state index < -0.39 is 0 Å². The first-order valence-corrected chi connectivity index (χ1v) is 6.46. The molecule has 0 amide bonds. The van der Waals surface area contributed by atoms with Gasteiger partial charge in [0.05, 0.1) is 30.3 Å². The van der Waals surface area contributed by atoms with Crippen molar-refractivity contribution in [2.75, 3.05) is 6.61 Å². The quantitative estimate of drug-likeness (QED) is 0.808. The van der Waals surface area contributed by atoms with E-state index in [1.807, 2.05) is 16.8 Å². The Labute approximate surface area is 109 Å². The monoisotopic (exact) mass is 292 g/mol. The Morgan fingerprint density at radius 3 is 2.82 bits per heavy atom. The third kappa shape index (κ3) is 1.91. The van der Waals surface area contributed by atoms with Gasteiger partial charge in [0, 0.05) is 10.0 Å². The third-order valence-corrected chi connectivity index (χ3v) is 3.63. The summed E-state index contributed by atoms with van der Waals surface area (Å²) in [7, 11) is 0. The zero-order valence-corrected chi connectivity index (χ0v) is 11.2. The van der Waals surface area contributed by atoms with Gasteiger partial charge in [0.15, 0.2) is 0 Å². The van der Waals surface area contributed by atoms with Gasteiger partial charge in [0.25, 0.3) is 0 Å². The first kappa shape index (κ1) is 11.0. The minimum absolute atomic E-state index is 0.659. The minimum Gasteiger partial charge on any atom is -0.375 e. The van der Waals surface area contributed by atoms with Crippen LogP contribution in [0.4, 0.5) is 0 Å². The number of rotatable bonds is 1.